The molecular formula is C14H26N2O2. The molecule has 1 heterocycles. The third kappa shape index (κ3) is 3.23. The highest BCUT2D eigenvalue weighted by molar-refractivity contribution is 5.81. The summed E-state index contributed by atoms with van der Waals surface area (Å²) >= 11 is 0. The molecule has 2 aliphatic rings. The summed E-state index contributed by atoms with van der Waals surface area (Å²) in [5, 5.41) is 3.17. The molecule has 0 bridgehead atoms. The third-order valence-electron chi connectivity index (χ3n) is 4.42. The highest BCUT2D eigenvalue weighted by Crippen LogP contribution is 2.29. The van der Waals surface area contributed by atoms with Crippen molar-refractivity contribution in [3.05, 3.63) is 0 Å². The van der Waals surface area contributed by atoms with Crippen molar-refractivity contribution >= 4 is 5.91 Å². The Balaban J connectivity index is 1.81. The first-order valence-electron chi connectivity index (χ1n) is 7.26. The highest BCUT2D eigenvalue weighted by Gasteiger charge is 2.33. The smallest absolute Gasteiger partial charge is 0.249 e. The van der Waals surface area contributed by atoms with Gasteiger partial charge in [-0.05, 0) is 43.9 Å². The van der Waals surface area contributed by atoms with Crippen molar-refractivity contribution in [1.82, 2.24) is 5.32 Å². The first-order chi connectivity index (χ1) is 8.60. The minimum Gasteiger partial charge on any atom is -0.364 e. The summed E-state index contributed by atoms with van der Waals surface area (Å²) in [6, 6.07) is 0.328. The maximum Gasteiger partial charge on any atom is 0.249 e. The van der Waals surface area contributed by atoms with Gasteiger partial charge in [-0.3, -0.25) is 4.79 Å². The number of hydrogen-bond donors (Lipinski definition) is 2. The number of rotatable bonds is 3. The molecule has 4 heteroatoms. The summed E-state index contributed by atoms with van der Waals surface area (Å²) in [4.78, 5) is 12.1. The van der Waals surface area contributed by atoms with E-state index in [4.69, 9.17) is 10.5 Å². The predicted molar refractivity (Wildman–Crippen MR) is 71.1 cm³/mol. The summed E-state index contributed by atoms with van der Waals surface area (Å²) < 4.78 is 5.63. The van der Waals surface area contributed by atoms with E-state index in [0.717, 1.165) is 25.2 Å². The minimum atomic E-state index is -0.273. The Morgan fingerprint density at radius 2 is 2.06 bits per heavy atom. The molecule has 3 unspecified atom stereocenters. The lowest BCUT2D eigenvalue weighted by Gasteiger charge is -2.33. The van der Waals surface area contributed by atoms with Gasteiger partial charge < -0.3 is 15.8 Å². The van der Waals surface area contributed by atoms with Crippen LogP contribution in [0.1, 0.15) is 46.0 Å². The van der Waals surface area contributed by atoms with Crippen molar-refractivity contribution in [2.45, 2.75) is 64.2 Å². The van der Waals surface area contributed by atoms with Crippen molar-refractivity contribution in [3.8, 4) is 0 Å². The van der Waals surface area contributed by atoms with E-state index in [1.165, 1.54) is 12.8 Å². The first-order valence-corrected chi connectivity index (χ1v) is 7.26. The van der Waals surface area contributed by atoms with Crippen molar-refractivity contribution < 1.29 is 9.53 Å². The molecule has 1 saturated heterocycles. The number of amides is 1. The summed E-state index contributed by atoms with van der Waals surface area (Å²) in [7, 11) is 0. The number of carbonyl (C=O) groups is 1. The monoisotopic (exact) mass is 254 g/mol. The molecule has 1 aliphatic heterocycles. The number of carbonyl (C=O) groups excluding carboxylic acids is 1. The molecule has 2 fully saturated rings. The van der Waals surface area contributed by atoms with Crippen LogP contribution < -0.4 is 11.1 Å². The average Bonchev–Trinajstić information content (AvgIpc) is 2.81. The first kappa shape index (κ1) is 13.8. The van der Waals surface area contributed by atoms with E-state index < -0.39 is 0 Å². The Labute approximate surface area is 110 Å². The lowest BCUT2D eigenvalue weighted by atomic mass is 9.80. The van der Waals surface area contributed by atoms with E-state index >= 15 is 0 Å². The molecule has 1 amide bonds. The molecule has 104 valence electrons. The van der Waals surface area contributed by atoms with Gasteiger partial charge in [0.1, 0.15) is 6.10 Å². The summed E-state index contributed by atoms with van der Waals surface area (Å²) in [6.45, 7) is 5.04. The molecule has 0 spiro atoms. The van der Waals surface area contributed by atoms with Crippen molar-refractivity contribution in [2.24, 2.45) is 17.6 Å². The van der Waals surface area contributed by atoms with Crippen LogP contribution in [0.5, 0.6) is 0 Å². The van der Waals surface area contributed by atoms with Gasteiger partial charge in [0.25, 0.3) is 0 Å². The molecule has 4 nitrogen and oxygen atoms in total. The lowest BCUT2D eigenvalue weighted by molar-refractivity contribution is -0.133. The zero-order valence-electron chi connectivity index (χ0n) is 11.5. The summed E-state index contributed by atoms with van der Waals surface area (Å²) in [6.07, 6.45) is 5.04. The molecular weight excluding hydrogens is 228 g/mol. The summed E-state index contributed by atoms with van der Waals surface area (Å²) in [5.74, 6) is 1.43. The number of hydrogen-bond acceptors (Lipinski definition) is 3. The van der Waals surface area contributed by atoms with Crippen LogP contribution in [-0.2, 0) is 9.53 Å². The second-order valence-corrected chi connectivity index (χ2v) is 6.07. The molecule has 3 N–H and O–H groups in total. The van der Waals surface area contributed by atoms with Gasteiger partial charge in [0.2, 0.25) is 5.91 Å². The molecule has 1 saturated carbocycles. The van der Waals surface area contributed by atoms with Gasteiger partial charge >= 0.3 is 0 Å². The Kier molecular flexibility index (Phi) is 4.62. The van der Waals surface area contributed by atoms with E-state index in [2.05, 4.69) is 19.2 Å². The summed E-state index contributed by atoms with van der Waals surface area (Å²) in [5.41, 5.74) is 5.56. The zero-order chi connectivity index (χ0) is 13.1. The van der Waals surface area contributed by atoms with Gasteiger partial charge in [0.15, 0.2) is 0 Å². The van der Waals surface area contributed by atoms with Crippen LogP contribution in [0.2, 0.25) is 0 Å². The number of ether oxygens (including phenoxy) is 1. The van der Waals surface area contributed by atoms with Crippen LogP contribution in [0.25, 0.3) is 0 Å². The SMILES string of the molecule is CC1CCC(NC(=O)[C@@H]2CC[C@H](CN)O2)C(C)C1. The molecule has 2 rings (SSSR count). The molecule has 18 heavy (non-hydrogen) atoms. The van der Waals surface area contributed by atoms with Crippen molar-refractivity contribution in [1.29, 1.82) is 0 Å². The standard InChI is InChI=1S/C14H26N2O2/c1-9-3-5-12(10(2)7-9)16-14(17)13-6-4-11(8-15)18-13/h9-13H,3-8,15H2,1-2H3,(H,16,17)/t9?,10?,11-,12?,13+/m1/s1. The molecule has 0 aromatic rings. The predicted octanol–water partition coefficient (Wildman–Crippen LogP) is 1.43. The van der Waals surface area contributed by atoms with Gasteiger partial charge in [-0.15, -0.1) is 0 Å². The van der Waals surface area contributed by atoms with Crippen LogP contribution in [0.15, 0.2) is 0 Å². The van der Waals surface area contributed by atoms with Gasteiger partial charge in [-0.1, -0.05) is 13.8 Å². The van der Waals surface area contributed by atoms with Gasteiger partial charge in [0, 0.05) is 12.6 Å². The van der Waals surface area contributed by atoms with E-state index in [1.54, 1.807) is 0 Å². The Morgan fingerprint density at radius 3 is 2.67 bits per heavy atom. The Bertz CT molecular complexity index is 296. The maximum atomic E-state index is 12.1. The van der Waals surface area contributed by atoms with E-state index in [-0.39, 0.29) is 18.1 Å². The second-order valence-electron chi connectivity index (χ2n) is 6.07. The molecule has 0 aromatic heterocycles. The van der Waals surface area contributed by atoms with Gasteiger partial charge in [-0.25, -0.2) is 0 Å². The largest absolute Gasteiger partial charge is 0.364 e. The van der Waals surface area contributed by atoms with E-state index in [0.29, 0.717) is 18.5 Å². The van der Waals surface area contributed by atoms with E-state index in [1.807, 2.05) is 0 Å². The number of nitrogens with two attached hydrogens (primary N) is 1. The highest BCUT2D eigenvalue weighted by atomic mass is 16.5. The van der Waals surface area contributed by atoms with Gasteiger partial charge in [-0.2, -0.15) is 0 Å². The minimum absolute atomic E-state index is 0.0670. The lowest BCUT2D eigenvalue weighted by Crippen LogP contribution is -2.46. The average molecular weight is 254 g/mol. The molecule has 0 radical (unpaired) electrons. The molecule has 0 aromatic carbocycles. The van der Waals surface area contributed by atoms with Crippen molar-refractivity contribution in [3.63, 3.8) is 0 Å². The fourth-order valence-corrected chi connectivity index (χ4v) is 3.23. The zero-order valence-corrected chi connectivity index (χ0v) is 11.5. The van der Waals surface area contributed by atoms with Crippen LogP contribution in [0, 0.1) is 11.8 Å². The third-order valence-corrected chi connectivity index (χ3v) is 4.42. The Morgan fingerprint density at radius 1 is 1.28 bits per heavy atom. The van der Waals surface area contributed by atoms with Gasteiger partial charge in [0.05, 0.1) is 6.10 Å². The van der Waals surface area contributed by atoms with Crippen LogP contribution in [-0.4, -0.2) is 30.7 Å². The fraction of sp³-hybridized carbons (Fsp3) is 0.929. The fourth-order valence-electron chi connectivity index (χ4n) is 3.23. The van der Waals surface area contributed by atoms with Crippen LogP contribution in [0.4, 0.5) is 0 Å². The molecule has 5 atom stereocenters. The van der Waals surface area contributed by atoms with Crippen LogP contribution in [0.3, 0.4) is 0 Å². The Hall–Kier alpha value is -0.610. The second kappa shape index (κ2) is 6.02. The van der Waals surface area contributed by atoms with E-state index in [9.17, 15) is 4.79 Å². The van der Waals surface area contributed by atoms with Crippen molar-refractivity contribution in [2.75, 3.05) is 6.54 Å². The topological polar surface area (TPSA) is 64.4 Å². The number of nitrogens with one attached hydrogen (secondary N) is 1. The normalized spacial score (nSPS) is 40.7. The maximum absolute atomic E-state index is 12.1. The molecule has 1 aliphatic carbocycles. The van der Waals surface area contributed by atoms with Crippen LogP contribution >= 0.6 is 0 Å². The quantitative estimate of drug-likeness (QED) is 0.801.